The molecule has 0 aliphatic heterocycles. The molecule has 1 aromatic carbocycles. The molecule has 0 saturated heterocycles. The summed E-state index contributed by atoms with van der Waals surface area (Å²) in [5.41, 5.74) is 1.91. The second-order valence-corrected chi connectivity index (χ2v) is 8.02. The number of anilines is 1. The lowest BCUT2D eigenvalue weighted by Crippen LogP contribution is -2.12. The predicted octanol–water partition coefficient (Wildman–Crippen LogP) is 4.57. The SMILES string of the molecule is Cn1cnnc1-c1cccc(NC(=O)c2csc(-c3ccc(Cl)s3)n2)c1. The fourth-order valence-corrected chi connectivity index (χ4v) is 4.31. The van der Waals surface area contributed by atoms with Crippen LogP contribution in [-0.2, 0) is 7.05 Å². The monoisotopic (exact) mass is 401 g/mol. The van der Waals surface area contributed by atoms with Crippen molar-refractivity contribution < 1.29 is 4.79 Å². The minimum absolute atomic E-state index is 0.259. The first-order chi connectivity index (χ1) is 12.6. The van der Waals surface area contributed by atoms with Crippen molar-refractivity contribution >= 4 is 45.9 Å². The first kappa shape index (κ1) is 16.9. The number of aromatic nitrogens is 4. The van der Waals surface area contributed by atoms with Gasteiger partial charge in [-0.05, 0) is 24.3 Å². The molecule has 6 nitrogen and oxygen atoms in total. The van der Waals surface area contributed by atoms with Crippen LogP contribution in [0.1, 0.15) is 10.5 Å². The number of nitrogens with zero attached hydrogens (tertiary/aromatic N) is 4. The van der Waals surface area contributed by atoms with E-state index in [1.165, 1.54) is 22.7 Å². The quantitative estimate of drug-likeness (QED) is 0.543. The van der Waals surface area contributed by atoms with Crippen molar-refractivity contribution in [3.8, 4) is 21.3 Å². The van der Waals surface area contributed by atoms with Gasteiger partial charge in [0.2, 0.25) is 0 Å². The number of benzene rings is 1. The number of carbonyl (C=O) groups excluding carboxylic acids is 1. The van der Waals surface area contributed by atoms with E-state index in [1.54, 1.807) is 11.7 Å². The minimum atomic E-state index is -0.259. The van der Waals surface area contributed by atoms with Gasteiger partial charge in [0.05, 0.1) is 9.21 Å². The molecule has 0 unspecified atom stereocenters. The van der Waals surface area contributed by atoms with Gasteiger partial charge in [-0.15, -0.1) is 32.9 Å². The highest BCUT2D eigenvalue weighted by molar-refractivity contribution is 7.23. The number of carbonyl (C=O) groups is 1. The van der Waals surface area contributed by atoms with Gasteiger partial charge in [-0.3, -0.25) is 4.79 Å². The Morgan fingerprint density at radius 2 is 2.15 bits per heavy atom. The molecule has 4 rings (SSSR count). The summed E-state index contributed by atoms with van der Waals surface area (Å²) >= 11 is 8.81. The number of nitrogens with one attached hydrogen (secondary N) is 1. The molecule has 0 bridgehead atoms. The van der Waals surface area contributed by atoms with Crippen LogP contribution < -0.4 is 5.32 Å². The van der Waals surface area contributed by atoms with Gasteiger partial charge in [0, 0.05) is 23.7 Å². The van der Waals surface area contributed by atoms with Crippen LogP contribution in [0.25, 0.3) is 21.3 Å². The molecule has 0 saturated carbocycles. The minimum Gasteiger partial charge on any atom is -0.321 e. The summed E-state index contributed by atoms with van der Waals surface area (Å²) in [4.78, 5) is 17.9. The molecule has 3 heterocycles. The normalized spacial score (nSPS) is 10.8. The number of rotatable bonds is 4. The van der Waals surface area contributed by atoms with Crippen molar-refractivity contribution in [2.75, 3.05) is 5.32 Å². The summed E-state index contributed by atoms with van der Waals surface area (Å²) in [6.07, 6.45) is 1.63. The Kier molecular flexibility index (Phi) is 4.54. The average Bonchev–Trinajstić information content (AvgIpc) is 3.35. The molecule has 0 spiro atoms. The van der Waals surface area contributed by atoms with Gasteiger partial charge < -0.3 is 9.88 Å². The van der Waals surface area contributed by atoms with Gasteiger partial charge in [0.25, 0.3) is 5.91 Å². The fraction of sp³-hybridized carbons (Fsp3) is 0.0588. The van der Waals surface area contributed by atoms with Crippen LogP contribution >= 0.6 is 34.3 Å². The van der Waals surface area contributed by atoms with Crippen molar-refractivity contribution in [3.63, 3.8) is 0 Å². The molecule has 0 atom stereocenters. The summed E-state index contributed by atoms with van der Waals surface area (Å²) in [5, 5.41) is 13.4. The molecule has 1 N–H and O–H groups in total. The topological polar surface area (TPSA) is 72.7 Å². The van der Waals surface area contributed by atoms with E-state index in [0.717, 1.165) is 21.3 Å². The maximum Gasteiger partial charge on any atom is 0.275 e. The Bertz CT molecular complexity index is 1080. The van der Waals surface area contributed by atoms with E-state index in [2.05, 4.69) is 20.5 Å². The molecule has 1 amide bonds. The number of thiophene rings is 1. The van der Waals surface area contributed by atoms with Crippen LogP contribution in [0.5, 0.6) is 0 Å². The molecular formula is C17H12ClN5OS2. The van der Waals surface area contributed by atoms with E-state index in [0.29, 0.717) is 15.7 Å². The average molecular weight is 402 g/mol. The zero-order valence-corrected chi connectivity index (χ0v) is 15.9. The van der Waals surface area contributed by atoms with Gasteiger partial charge in [0.1, 0.15) is 17.0 Å². The third kappa shape index (κ3) is 3.39. The molecule has 0 fully saturated rings. The number of hydrogen-bond acceptors (Lipinski definition) is 6. The lowest BCUT2D eigenvalue weighted by molar-refractivity contribution is 0.102. The van der Waals surface area contributed by atoms with Crippen LogP contribution in [-0.4, -0.2) is 25.7 Å². The summed E-state index contributed by atoms with van der Waals surface area (Å²) in [6, 6.07) is 11.2. The summed E-state index contributed by atoms with van der Waals surface area (Å²) < 4.78 is 2.52. The molecule has 4 aromatic rings. The van der Waals surface area contributed by atoms with Crippen LogP contribution in [0, 0.1) is 0 Å². The number of hydrogen-bond donors (Lipinski definition) is 1. The Labute approximate surface area is 162 Å². The van der Waals surface area contributed by atoms with E-state index >= 15 is 0 Å². The van der Waals surface area contributed by atoms with Gasteiger partial charge in [-0.25, -0.2) is 4.98 Å². The zero-order valence-electron chi connectivity index (χ0n) is 13.5. The third-order valence-corrected chi connectivity index (χ3v) is 5.85. The van der Waals surface area contributed by atoms with Crippen molar-refractivity contribution in [3.05, 3.63) is 58.1 Å². The lowest BCUT2D eigenvalue weighted by atomic mass is 10.2. The van der Waals surface area contributed by atoms with Crippen LogP contribution in [0.15, 0.2) is 48.1 Å². The van der Waals surface area contributed by atoms with E-state index in [1.807, 2.05) is 48.0 Å². The Hall–Kier alpha value is -2.55. The van der Waals surface area contributed by atoms with Crippen molar-refractivity contribution in [2.24, 2.45) is 7.05 Å². The van der Waals surface area contributed by atoms with Crippen LogP contribution in [0.4, 0.5) is 5.69 Å². The molecule has 130 valence electrons. The van der Waals surface area contributed by atoms with Crippen molar-refractivity contribution in [2.45, 2.75) is 0 Å². The Morgan fingerprint density at radius 1 is 1.27 bits per heavy atom. The number of aryl methyl sites for hydroxylation is 1. The maximum atomic E-state index is 12.5. The summed E-state index contributed by atoms with van der Waals surface area (Å²) in [5.74, 6) is 0.469. The van der Waals surface area contributed by atoms with Gasteiger partial charge >= 0.3 is 0 Å². The standard InChI is InChI=1S/C17H12ClN5OS2/c1-23-9-19-22-15(23)10-3-2-4-11(7-10)20-16(24)12-8-25-17(21-12)13-5-6-14(18)26-13/h2-9H,1H3,(H,20,24). The van der Waals surface area contributed by atoms with Crippen LogP contribution in [0.3, 0.4) is 0 Å². The first-order valence-electron chi connectivity index (χ1n) is 7.57. The molecule has 0 aliphatic rings. The molecule has 9 heteroatoms. The summed E-state index contributed by atoms with van der Waals surface area (Å²) in [7, 11) is 1.87. The highest BCUT2D eigenvalue weighted by Gasteiger charge is 2.14. The molecule has 3 aromatic heterocycles. The van der Waals surface area contributed by atoms with E-state index < -0.39 is 0 Å². The Morgan fingerprint density at radius 3 is 2.88 bits per heavy atom. The van der Waals surface area contributed by atoms with E-state index in [9.17, 15) is 4.79 Å². The highest BCUT2D eigenvalue weighted by Crippen LogP contribution is 2.33. The third-order valence-electron chi connectivity index (χ3n) is 3.61. The fourth-order valence-electron chi connectivity index (χ4n) is 2.40. The van der Waals surface area contributed by atoms with E-state index in [4.69, 9.17) is 11.6 Å². The van der Waals surface area contributed by atoms with Crippen molar-refractivity contribution in [1.82, 2.24) is 19.7 Å². The summed E-state index contributed by atoms with van der Waals surface area (Å²) in [6.45, 7) is 0. The molecule has 0 radical (unpaired) electrons. The predicted molar refractivity (Wildman–Crippen MR) is 105 cm³/mol. The second kappa shape index (κ2) is 6.99. The number of amides is 1. The lowest BCUT2D eigenvalue weighted by Gasteiger charge is -2.06. The van der Waals surface area contributed by atoms with Gasteiger partial charge in [-0.2, -0.15) is 0 Å². The number of thiazole rings is 1. The van der Waals surface area contributed by atoms with Crippen LogP contribution in [0.2, 0.25) is 4.34 Å². The second-order valence-electron chi connectivity index (χ2n) is 5.44. The number of halogens is 1. The zero-order chi connectivity index (χ0) is 18.1. The smallest absolute Gasteiger partial charge is 0.275 e. The molecule has 0 aliphatic carbocycles. The van der Waals surface area contributed by atoms with Gasteiger partial charge in [0.15, 0.2) is 5.82 Å². The highest BCUT2D eigenvalue weighted by atomic mass is 35.5. The molecule has 26 heavy (non-hydrogen) atoms. The van der Waals surface area contributed by atoms with Crippen molar-refractivity contribution in [1.29, 1.82) is 0 Å². The molecular weight excluding hydrogens is 390 g/mol. The Balaban J connectivity index is 1.54. The maximum absolute atomic E-state index is 12.5. The largest absolute Gasteiger partial charge is 0.321 e. The van der Waals surface area contributed by atoms with Gasteiger partial charge in [-0.1, -0.05) is 23.7 Å². The first-order valence-corrected chi connectivity index (χ1v) is 9.64. The van der Waals surface area contributed by atoms with E-state index in [-0.39, 0.29) is 5.91 Å².